The van der Waals surface area contributed by atoms with E-state index in [-0.39, 0.29) is 5.78 Å². The number of rotatable bonds is 2. The van der Waals surface area contributed by atoms with Crippen LogP contribution in [0.2, 0.25) is 0 Å². The Morgan fingerprint density at radius 1 is 0.889 bits per heavy atom. The summed E-state index contributed by atoms with van der Waals surface area (Å²) in [4.78, 5) is 12.4. The van der Waals surface area contributed by atoms with Gasteiger partial charge in [-0.1, -0.05) is 45.8 Å². The van der Waals surface area contributed by atoms with Gasteiger partial charge in [-0.2, -0.15) is 0 Å². The summed E-state index contributed by atoms with van der Waals surface area (Å²) >= 11 is 3.52. The Labute approximate surface area is 116 Å². The van der Waals surface area contributed by atoms with Gasteiger partial charge in [0.25, 0.3) is 0 Å². The van der Waals surface area contributed by atoms with Crippen LogP contribution in [0.3, 0.4) is 0 Å². The third kappa shape index (κ3) is 2.54. The Balaban J connectivity index is 2.43. The van der Waals surface area contributed by atoms with E-state index in [1.54, 1.807) is 0 Å². The lowest BCUT2D eigenvalue weighted by molar-refractivity contribution is 0.103. The van der Waals surface area contributed by atoms with Crippen molar-refractivity contribution in [2.45, 2.75) is 20.8 Å². The minimum atomic E-state index is 0.0775. The highest BCUT2D eigenvalue weighted by atomic mass is 79.9. The molecule has 2 rings (SSSR count). The van der Waals surface area contributed by atoms with Gasteiger partial charge in [0.15, 0.2) is 5.78 Å². The lowest BCUT2D eigenvalue weighted by Gasteiger charge is -2.07. The summed E-state index contributed by atoms with van der Waals surface area (Å²) in [5.74, 6) is 0.0775. The van der Waals surface area contributed by atoms with Crippen LogP contribution in [0.1, 0.15) is 32.6 Å². The topological polar surface area (TPSA) is 17.1 Å². The maximum absolute atomic E-state index is 12.4. The monoisotopic (exact) mass is 302 g/mol. The fourth-order valence-electron chi connectivity index (χ4n) is 1.95. The molecule has 0 spiro atoms. The molecule has 1 nitrogen and oxygen atoms in total. The SMILES string of the molecule is Cc1ccc(C(=O)c2cc(C)c(Br)c(C)c2)cc1. The van der Waals surface area contributed by atoms with Crippen molar-refractivity contribution in [2.24, 2.45) is 0 Å². The van der Waals surface area contributed by atoms with E-state index in [9.17, 15) is 4.79 Å². The van der Waals surface area contributed by atoms with E-state index >= 15 is 0 Å². The molecule has 0 atom stereocenters. The highest BCUT2D eigenvalue weighted by Gasteiger charge is 2.11. The van der Waals surface area contributed by atoms with Crippen molar-refractivity contribution in [3.63, 3.8) is 0 Å². The fraction of sp³-hybridized carbons (Fsp3) is 0.188. The van der Waals surface area contributed by atoms with Crippen molar-refractivity contribution >= 4 is 21.7 Å². The van der Waals surface area contributed by atoms with Gasteiger partial charge in [-0.25, -0.2) is 0 Å². The summed E-state index contributed by atoms with van der Waals surface area (Å²) in [6.07, 6.45) is 0. The molecular weight excluding hydrogens is 288 g/mol. The van der Waals surface area contributed by atoms with Gasteiger partial charge in [-0.15, -0.1) is 0 Å². The first-order chi connectivity index (χ1) is 8.49. The van der Waals surface area contributed by atoms with Crippen LogP contribution in [0.5, 0.6) is 0 Å². The van der Waals surface area contributed by atoms with Crippen molar-refractivity contribution < 1.29 is 4.79 Å². The zero-order valence-corrected chi connectivity index (χ0v) is 12.3. The molecule has 0 unspecified atom stereocenters. The number of aryl methyl sites for hydroxylation is 3. The number of ketones is 1. The second kappa shape index (κ2) is 5.07. The minimum absolute atomic E-state index is 0.0775. The first-order valence-electron chi connectivity index (χ1n) is 5.87. The first kappa shape index (κ1) is 13.0. The molecule has 0 aliphatic carbocycles. The molecule has 0 aliphatic rings. The summed E-state index contributed by atoms with van der Waals surface area (Å²) in [6, 6.07) is 11.5. The van der Waals surface area contributed by atoms with Crippen LogP contribution in [0, 0.1) is 20.8 Å². The molecule has 0 fully saturated rings. The normalized spacial score (nSPS) is 10.4. The van der Waals surface area contributed by atoms with E-state index in [2.05, 4.69) is 15.9 Å². The van der Waals surface area contributed by atoms with E-state index < -0.39 is 0 Å². The molecule has 0 amide bonds. The first-order valence-corrected chi connectivity index (χ1v) is 6.66. The van der Waals surface area contributed by atoms with Crippen LogP contribution >= 0.6 is 15.9 Å². The minimum Gasteiger partial charge on any atom is -0.289 e. The van der Waals surface area contributed by atoms with Gasteiger partial charge >= 0.3 is 0 Å². The zero-order chi connectivity index (χ0) is 13.3. The van der Waals surface area contributed by atoms with Gasteiger partial charge in [0.2, 0.25) is 0 Å². The van der Waals surface area contributed by atoms with E-state index in [1.807, 2.05) is 57.2 Å². The predicted octanol–water partition coefficient (Wildman–Crippen LogP) is 4.61. The Hall–Kier alpha value is -1.41. The quantitative estimate of drug-likeness (QED) is 0.741. The molecule has 0 aromatic heterocycles. The smallest absolute Gasteiger partial charge is 0.193 e. The fourth-order valence-corrected chi connectivity index (χ4v) is 2.18. The van der Waals surface area contributed by atoms with Crippen molar-refractivity contribution in [3.05, 3.63) is 68.7 Å². The third-order valence-corrected chi connectivity index (χ3v) is 4.26. The lowest BCUT2D eigenvalue weighted by atomic mass is 9.99. The number of carbonyl (C=O) groups excluding carboxylic acids is 1. The van der Waals surface area contributed by atoms with Gasteiger partial charge in [0, 0.05) is 15.6 Å². The molecule has 0 saturated carbocycles. The average Bonchev–Trinajstić information content (AvgIpc) is 2.35. The van der Waals surface area contributed by atoms with Gasteiger partial charge < -0.3 is 0 Å². The standard InChI is InChI=1S/C16H15BrO/c1-10-4-6-13(7-5-10)16(18)14-8-11(2)15(17)12(3)9-14/h4-9H,1-3H3. The molecule has 0 bridgehead atoms. The van der Waals surface area contributed by atoms with Crippen LogP contribution in [0.15, 0.2) is 40.9 Å². The highest BCUT2D eigenvalue weighted by molar-refractivity contribution is 9.10. The summed E-state index contributed by atoms with van der Waals surface area (Å²) < 4.78 is 1.07. The maximum Gasteiger partial charge on any atom is 0.193 e. The van der Waals surface area contributed by atoms with Crippen molar-refractivity contribution in [1.29, 1.82) is 0 Å². The zero-order valence-electron chi connectivity index (χ0n) is 10.8. The second-order valence-electron chi connectivity index (χ2n) is 4.62. The molecule has 0 heterocycles. The molecule has 92 valence electrons. The van der Waals surface area contributed by atoms with Gasteiger partial charge in [-0.05, 0) is 44.0 Å². The predicted molar refractivity (Wildman–Crippen MR) is 78.2 cm³/mol. The molecule has 2 heteroatoms. The maximum atomic E-state index is 12.4. The molecule has 0 aliphatic heterocycles. The van der Waals surface area contributed by atoms with Crippen LogP contribution < -0.4 is 0 Å². The molecule has 2 aromatic carbocycles. The lowest BCUT2D eigenvalue weighted by Crippen LogP contribution is -2.02. The molecule has 0 N–H and O–H groups in total. The Morgan fingerprint density at radius 3 is 1.89 bits per heavy atom. The van der Waals surface area contributed by atoms with Crippen LogP contribution in [0.25, 0.3) is 0 Å². The third-order valence-electron chi connectivity index (χ3n) is 3.01. The Morgan fingerprint density at radius 2 is 1.39 bits per heavy atom. The van der Waals surface area contributed by atoms with Gasteiger partial charge in [-0.3, -0.25) is 4.79 Å². The van der Waals surface area contributed by atoms with E-state index in [4.69, 9.17) is 0 Å². The van der Waals surface area contributed by atoms with E-state index in [1.165, 1.54) is 0 Å². The number of hydrogen-bond acceptors (Lipinski definition) is 1. The summed E-state index contributed by atoms with van der Waals surface area (Å²) in [7, 11) is 0. The van der Waals surface area contributed by atoms with Crippen molar-refractivity contribution in [1.82, 2.24) is 0 Å². The number of hydrogen-bond donors (Lipinski definition) is 0. The number of carbonyl (C=O) groups is 1. The van der Waals surface area contributed by atoms with Crippen LogP contribution in [-0.2, 0) is 0 Å². The Bertz CT molecular complexity index is 574. The average molecular weight is 303 g/mol. The largest absolute Gasteiger partial charge is 0.289 e. The van der Waals surface area contributed by atoms with Crippen LogP contribution in [0.4, 0.5) is 0 Å². The number of benzene rings is 2. The van der Waals surface area contributed by atoms with E-state index in [0.29, 0.717) is 0 Å². The molecular formula is C16H15BrO. The summed E-state index contributed by atoms with van der Waals surface area (Å²) in [6.45, 7) is 6.02. The second-order valence-corrected chi connectivity index (χ2v) is 5.41. The molecule has 18 heavy (non-hydrogen) atoms. The molecule has 0 saturated heterocycles. The number of halogens is 1. The van der Waals surface area contributed by atoms with Gasteiger partial charge in [0.1, 0.15) is 0 Å². The van der Waals surface area contributed by atoms with Crippen molar-refractivity contribution in [2.75, 3.05) is 0 Å². The van der Waals surface area contributed by atoms with Crippen molar-refractivity contribution in [3.8, 4) is 0 Å². The van der Waals surface area contributed by atoms with E-state index in [0.717, 1.165) is 32.3 Å². The summed E-state index contributed by atoms with van der Waals surface area (Å²) in [5.41, 5.74) is 4.82. The van der Waals surface area contributed by atoms with Gasteiger partial charge in [0.05, 0.1) is 0 Å². The Kier molecular flexibility index (Phi) is 3.67. The molecule has 0 radical (unpaired) electrons. The summed E-state index contributed by atoms with van der Waals surface area (Å²) in [5, 5.41) is 0. The molecule has 2 aromatic rings. The highest BCUT2D eigenvalue weighted by Crippen LogP contribution is 2.24. The van der Waals surface area contributed by atoms with Crippen LogP contribution in [-0.4, -0.2) is 5.78 Å².